The Kier molecular flexibility index (Phi) is 15.8. The van der Waals surface area contributed by atoms with E-state index in [2.05, 4.69) is 15.1 Å². The topological polar surface area (TPSA) is 49.0 Å². The molecule has 0 saturated carbocycles. The molecule has 5 heteroatoms. The summed E-state index contributed by atoms with van der Waals surface area (Å²) in [6, 6.07) is 0. The lowest BCUT2D eigenvalue weighted by atomic mass is 10.5. The fraction of sp³-hybridized carbons (Fsp3) is 1.00. The summed E-state index contributed by atoms with van der Waals surface area (Å²) in [5.74, 6) is 0. The molecule has 0 heterocycles. The normalized spacial score (nSPS) is 10.4. The van der Waals surface area contributed by atoms with E-state index in [1.54, 1.807) is 14.2 Å². The maximum absolute atomic E-state index is 5.00. The molecule has 15 heavy (non-hydrogen) atoms. The highest BCUT2D eigenvalue weighted by molar-refractivity contribution is 4.29. The van der Waals surface area contributed by atoms with E-state index in [1.165, 1.54) is 0 Å². The number of ether oxygens (including phenoxy) is 3. The minimum absolute atomic E-state index is 0.239. The largest absolute Gasteiger partial charge is 0.359 e. The summed E-state index contributed by atoms with van der Waals surface area (Å²) < 4.78 is 14.6. The Bertz CT molecular complexity index is 110. The molecule has 0 fully saturated rings. The van der Waals surface area contributed by atoms with Crippen LogP contribution in [0.25, 0.3) is 0 Å². The fourth-order valence-electron chi connectivity index (χ4n) is 0.433. The summed E-state index contributed by atoms with van der Waals surface area (Å²) >= 11 is 0. The number of nitrogens with one attached hydrogen (secondary N) is 1. The Hall–Kier alpha value is -0.200. The quantitative estimate of drug-likeness (QED) is 0.403. The number of methoxy groups -OCH3 is 1. The van der Waals surface area contributed by atoms with Crippen LogP contribution in [0.2, 0.25) is 0 Å². The van der Waals surface area contributed by atoms with Gasteiger partial charge in [-0.25, -0.2) is 5.48 Å². The predicted molar refractivity (Wildman–Crippen MR) is 59.3 cm³/mol. The predicted octanol–water partition coefficient (Wildman–Crippen LogP) is 1.54. The lowest BCUT2D eigenvalue weighted by Crippen LogP contribution is -2.13. The molecular weight excluding hydrogens is 198 g/mol. The van der Waals surface area contributed by atoms with Crippen LogP contribution in [0, 0.1) is 0 Å². The van der Waals surface area contributed by atoms with E-state index in [9.17, 15) is 0 Å². The van der Waals surface area contributed by atoms with Gasteiger partial charge in [-0.3, -0.25) is 4.84 Å². The molecule has 0 saturated heterocycles. The van der Waals surface area contributed by atoms with Crippen molar-refractivity contribution in [3.05, 3.63) is 0 Å². The van der Waals surface area contributed by atoms with Gasteiger partial charge >= 0.3 is 0 Å². The average molecular weight is 223 g/mol. The van der Waals surface area contributed by atoms with Gasteiger partial charge in [-0.2, -0.15) is 0 Å². The minimum atomic E-state index is 0.239. The van der Waals surface area contributed by atoms with E-state index in [0.29, 0.717) is 13.6 Å². The molecule has 0 aliphatic heterocycles. The highest BCUT2D eigenvalue weighted by atomic mass is 16.8. The van der Waals surface area contributed by atoms with Crippen LogP contribution >= 0.6 is 0 Å². The first-order valence-electron chi connectivity index (χ1n) is 5.05. The van der Waals surface area contributed by atoms with E-state index in [4.69, 9.17) is 9.47 Å². The Labute approximate surface area is 93.0 Å². The second-order valence-corrected chi connectivity index (χ2v) is 3.30. The van der Waals surface area contributed by atoms with Crippen LogP contribution in [0.4, 0.5) is 0 Å². The summed E-state index contributed by atoms with van der Waals surface area (Å²) in [6.07, 6.45) is 0.517. The summed E-state index contributed by atoms with van der Waals surface area (Å²) in [5, 5.41) is 0. The van der Waals surface area contributed by atoms with Crippen molar-refractivity contribution >= 4 is 0 Å². The van der Waals surface area contributed by atoms with Crippen LogP contribution in [-0.4, -0.2) is 40.0 Å². The minimum Gasteiger partial charge on any atom is -0.359 e. The van der Waals surface area contributed by atoms with Crippen LogP contribution in [0.1, 0.15) is 27.7 Å². The van der Waals surface area contributed by atoms with E-state index in [-0.39, 0.29) is 12.2 Å². The van der Waals surface area contributed by atoms with Gasteiger partial charge in [0.05, 0.1) is 12.2 Å². The van der Waals surface area contributed by atoms with Crippen molar-refractivity contribution in [3.63, 3.8) is 0 Å². The van der Waals surface area contributed by atoms with Gasteiger partial charge in [0.1, 0.15) is 6.79 Å². The molecule has 0 aromatic rings. The number of hydrogen-bond acceptors (Lipinski definition) is 5. The lowest BCUT2D eigenvalue weighted by molar-refractivity contribution is -0.111. The number of hydroxylamine groups is 1. The smallest absolute Gasteiger partial charge is 0.167 e. The lowest BCUT2D eigenvalue weighted by Gasteiger charge is -2.05. The first-order valence-corrected chi connectivity index (χ1v) is 5.05. The summed E-state index contributed by atoms with van der Waals surface area (Å²) in [4.78, 5) is 4.67. The van der Waals surface area contributed by atoms with Gasteiger partial charge < -0.3 is 14.2 Å². The molecular formula is C10H25NO4. The van der Waals surface area contributed by atoms with Crippen molar-refractivity contribution < 1.29 is 19.0 Å². The second-order valence-electron chi connectivity index (χ2n) is 3.30. The first kappa shape index (κ1) is 17.2. The van der Waals surface area contributed by atoms with Gasteiger partial charge in [-0.05, 0) is 27.7 Å². The molecule has 0 aromatic carbocycles. The molecule has 94 valence electrons. The highest BCUT2D eigenvalue weighted by Crippen LogP contribution is 1.85. The molecule has 0 aromatic heterocycles. The zero-order valence-electron chi connectivity index (χ0n) is 10.7. The third-order valence-electron chi connectivity index (χ3n) is 1.12. The van der Waals surface area contributed by atoms with Gasteiger partial charge in [0.25, 0.3) is 0 Å². The van der Waals surface area contributed by atoms with Crippen molar-refractivity contribution in [2.24, 2.45) is 0 Å². The molecule has 0 radical (unpaired) electrons. The van der Waals surface area contributed by atoms with E-state index in [1.807, 2.05) is 27.7 Å². The van der Waals surface area contributed by atoms with Crippen molar-refractivity contribution in [2.75, 3.05) is 27.7 Å². The van der Waals surface area contributed by atoms with E-state index >= 15 is 0 Å². The average Bonchev–Trinajstić information content (AvgIpc) is 2.15. The van der Waals surface area contributed by atoms with Crippen molar-refractivity contribution in [3.8, 4) is 0 Å². The summed E-state index contributed by atoms with van der Waals surface area (Å²) in [6.45, 7) is 8.57. The molecule has 5 nitrogen and oxygen atoms in total. The standard InChI is InChI=1S/C5H13NO2.C5H12O2/c1-5(2)7-4-8-6-3;1-5(2)7-4-6-3/h5-6H,4H2,1-3H3;5H,4H2,1-3H3. The van der Waals surface area contributed by atoms with Crippen molar-refractivity contribution in [2.45, 2.75) is 39.9 Å². The Morgan fingerprint density at radius 2 is 1.40 bits per heavy atom. The van der Waals surface area contributed by atoms with Crippen molar-refractivity contribution in [1.29, 1.82) is 0 Å². The van der Waals surface area contributed by atoms with Gasteiger partial charge in [0, 0.05) is 14.2 Å². The second kappa shape index (κ2) is 13.8. The Morgan fingerprint density at radius 1 is 0.933 bits per heavy atom. The van der Waals surface area contributed by atoms with Crippen LogP contribution in [0.5, 0.6) is 0 Å². The zero-order chi connectivity index (χ0) is 12.1. The third kappa shape index (κ3) is 24.8. The Morgan fingerprint density at radius 3 is 1.67 bits per heavy atom. The van der Waals surface area contributed by atoms with Gasteiger partial charge in [-0.15, -0.1) is 0 Å². The number of hydrogen-bond donors (Lipinski definition) is 1. The van der Waals surface area contributed by atoms with Crippen LogP contribution in [0.15, 0.2) is 0 Å². The Balaban J connectivity index is 0. The molecule has 0 amide bonds. The highest BCUT2D eigenvalue weighted by Gasteiger charge is 1.89. The third-order valence-corrected chi connectivity index (χ3v) is 1.12. The fourth-order valence-corrected chi connectivity index (χ4v) is 0.433. The molecule has 0 atom stereocenters. The number of rotatable bonds is 7. The molecule has 0 aliphatic rings. The maximum atomic E-state index is 5.00. The molecule has 0 spiro atoms. The van der Waals surface area contributed by atoms with Gasteiger partial charge in [-0.1, -0.05) is 0 Å². The maximum Gasteiger partial charge on any atom is 0.167 e. The molecule has 0 bridgehead atoms. The molecule has 0 aliphatic carbocycles. The summed E-state index contributed by atoms with van der Waals surface area (Å²) in [7, 11) is 3.31. The summed E-state index contributed by atoms with van der Waals surface area (Å²) in [5.41, 5.74) is 2.50. The molecule has 0 unspecified atom stereocenters. The SMILES string of the molecule is CNOCOC(C)C.COCOC(C)C. The van der Waals surface area contributed by atoms with Gasteiger partial charge in [0.2, 0.25) is 0 Å². The van der Waals surface area contributed by atoms with Crippen LogP contribution in [0.3, 0.4) is 0 Å². The monoisotopic (exact) mass is 223 g/mol. The van der Waals surface area contributed by atoms with Crippen LogP contribution < -0.4 is 5.48 Å². The first-order chi connectivity index (χ1) is 7.04. The van der Waals surface area contributed by atoms with E-state index in [0.717, 1.165) is 0 Å². The molecule has 0 rings (SSSR count). The van der Waals surface area contributed by atoms with Crippen LogP contribution in [-0.2, 0) is 19.0 Å². The van der Waals surface area contributed by atoms with Gasteiger partial charge in [0.15, 0.2) is 6.79 Å². The zero-order valence-corrected chi connectivity index (χ0v) is 10.7. The molecule has 1 N–H and O–H groups in total. The van der Waals surface area contributed by atoms with Crippen molar-refractivity contribution in [1.82, 2.24) is 5.48 Å². The van der Waals surface area contributed by atoms with E-state index < -0.39 is 0 Å².